The molecule has 6 heteroatoms. The molecule has 0 amide bonds. The number of sulfonamides is 1. The SMILES string of the molecule is CC(CO)S(=O)(=O)NCCc1cccs1. The third-order valence-electron chi connectivity index (χ3n) is 2.04. The first-order valence-electron chi connectivity index (χ1n) is 4.68. The van der Waals surface area contributed by atoms with Gasteiger partial charge in [0.15, 0.2) is 0 Å². The van der Waals surface area contributed by atoms with Crippen LogP contribution < -0.4 is 4.72 Å². The fourth-order valence-corrected chi connectivity index (χ4v) is 2.59. The van der Waals surface area contributed by atoms with Crippen molar-refractivity contribution in [2.75, 3.05) is 13.2 Å². The van der Waals surface area contributed by atoms with Crippen LogP contribution in [0.5, 0.6) is 0 Å². The molecule has 0 radical (unpaired) electrons. The minimum atomic E-state index is -3.36. The van der Waals surface area contributed by atoms with Crippen molar-refractivity contribution in [2.45, 2.75) is 18.6 Å². The minimum absolute atomic E-state index is 0.353. The molecule has 0 fully saturated rings. The number of hydrogen-bond acceptors (Lipinski definition) is 4. The van der Waals surface area contributed by atoms with Crippen molar-refractivity contribution in [1.29, 1.82) is 0 Å². The van der Waals surface area contributed by atoms with Gasteiger partial charge in [-0.3, -0.25) is 0 Å². The van der Waals surface area contributed by atoms with Crippen LogP contribution >= 0.6 is 11.3 Å². The van der Waals surface area contributed by atoms with E-state index >= 15 is 0 Å². The molecule has 0 bridgehead atoms. The van der Waals surface area contributed by atoms with E-state index in [0.29, 0.717) is 13.0 Å². The Morgan fingerprint density at radius 3 is 2.87 bits per heavy atom. The second-order valence-corrected chi connectivity index (χ2v) is 6.48. The highest BCUT2D eigenvalue weighted by Crippen LogP contribution is 2.08. The molecule has 1 unspecified atom stereocenters. The van der Waals surface area contributed by atoms with Crippen LogP contribution in [-0.4, -0.2) is 31.9 Å². The van der Waals surface area contributed by atoms with Crippen molar-refractivity contribution in [3.05, 3.63) is 22.4 Å². The monoisotopic (exact) mass is 249 g/mol. The van der Waals surface area contributed by atoms with Gasteiger partial charge in [0.1, 0.15) is 0 Å². The van der Waals surface area contributed by atoms with Gasteiger partial charge >= 0.3 is 0 Å². The second-order valence-electron chi connectivity index (χ2n) is 3.26. The molecule has 1 atom stereocenters. The van der Waals surface area contributed by atoms with Crippen molar-refractivity contribution in [3.63, 3.8) is 0 Å². The predicted molar refractivity (Wildman–Crippen MR) is 61.5 cm³/mol. The van der Waals surface area contributed by atoms with E-state index in [1.54, 1.807) is 11.3 Å². The van der Waals surface area contributed by atoms with Crippen LogP contribution in [0.1, 0.15) is 11.8 Å². The zero-order valence-corrected chi connectivity index (χ0v) is 10.1. The number of aliphatic hydroxyl groups excluding tert-OH is 1. The maximum atomic E-state index is 11.4. The van der Waals surface area contributed by atoms with Crippen molar-refractivity contribution >= 4 is 21.4 Å². The fraction of sp³-hybridized carbons (Fsp3) is 0.556. The molecular formula is C9H15NO3S2. The molecular weight excluding hydrogens is 234 g/mol. The number of rotatable bonds is 6. The van der Waals surface area contributed by atoms with Gasteiger partial charge in [0.2, 0.25) is 10.0 Å². The molecule has 0 spiro atoms. The lowest BCUT2D eigenvalue weighted by Gasteiger charge is -2.10. The predicted octanol–water partition coefficient (Wildman–Crippen LogP) is 0.591. The molecule has 1 aromatic heterocycles. The zero-order valence-electron chi connectivity index (χ0n) is 8.51. The lowest BCUT2D eigenvalue weighted by molar-refractivity contribution is 0.295. The fourth-order valence-electron chi connectivity index (χ4n) is 1.01. The number of thiophene rings is 1. The molecule has 0 aromatic carbocycles. The molecule has 2 N–H and O–H groups in total. The smallest absolute Gasteiger partial charge is 0.216 e. The molecule has 1 rings (SSSR count). The van der Waals surface area contributed by atoms with Crippen LogP contribution in [0.15, 0.2) is 17.5 Å². The van der Waals surface area contributed by atoms with Crippen LogP contribution in [0, 0.1) is 0 Å². The largest absolute Gasteiger partial charge is 0.395 e. The molecule has 0 aliphatic carbocycles. The Bertz CT molecular complexity index is 372. The molecule has 4 nitrogen and oxygen atoms in total. The lowest BCUT2D eigenvalue weighted by Crippen LogP contribution is -2.35. The maximum absolute atomic E-state index is 11.4. The van der Waals surface area contributed by atoms with Gasteiger partial charge in [-0.1, -0.05) is 6.07 Å². The van der Waals surface area contributed by atoms with E-state index in [2.05, 4.69) is 4.72 Å². The van der Waals surface area contributed by atoms with Crippen LogP contribution in [-0.2, 0) is 16.4 Å². The van der Waals surface area contributed by atoms with E-state index in [-0.39, 0.29) is 6.61 Å². The summed E-state index contributed by atoms with van der Waals surface area (Å²) in [6.45, 7) is 1.51. The highest BCUT2D eigenvalue weighted by molar-refractivity contribution is 7.90. The first-order valence-corrected chi connectivity index (χ1v) is 7.10. The summed E-state index contributed by atoms with van der Waals surface area (Å²) < 4.78 is 25.3. The lowest BCUT2D eigenvalue weighted by atomic mass is 10.3. The van der Waals surface area contributed by atoms with Crippen molar-refractivity contribution in [2.24, 2.45) is 0 Å². The molecule has 0 saturated carbocycles. The summed E-state index contributed by atoms with van der Waals surface area (Å²) in [5, 5.41) is 9.95. The molecule has 0 aliphatic rings. The number of aliphatic hydroxyl groups is 1. The first-order chi connectivity index (χ1) is 7.06. The average molecular weight is 249 g/mol. The second kappa shape index (κ2) is 5.60. The standard InChI is InChI=1S/C9H15NO3S2/c1-8(7-11)15(12,13)10-5-4-9-3-2-6-14-9/h2-3,6,8,10-11H,4-5,7H2,1H3. The summed E-state index contributed by atoms with van der Waals surface area (Å²) in [7, 11) is -3.36. The molecule has 86 valence electrons. The van der Waals surface area contributed by atoms with Crippen LogP contribution in [0.3, 0.4) is 0 Å². The van der Waals surface area contributed by atoms with Crippen molar-refractivity contribution < 1.29 is 13.5 Å². The van der Waals surface area contributed by atoms with E-state index in [9.17, 15) is 8.42 Å². The Balaban J connectivity index is 2.37. The molecule has 1 heterocycles. The Labute approximate surface area is 94.0 Å². The number of nitrogens with one attached hydrogen (secondary N) is 1. The third kappa shape index (κ3) is 3.90. The first kappa shape index (κ1) is 12.6. The summed E-state index contributed by atoms with van der Waals surface area (Å²) in [5.74, 6) is 0. The number of hydrogen-bond donors (Lipinski definition) is 2. The average Bonchev–Trinajstić information content (AvgIpc) is 2.69. The van der Waals surface area contributed by atoms with E-state index < -0.39 is 15.3 Å². The van der Waals surface area contributed by atoms with Crippen molar-refractivity contribution in [1.82, 2.24) is 4.72 Å². The molecule has 1 aromatic rings. The van der Waals surface area contributed by atoms with Crippen LogP contribution in [0.4, 0.5) is 0 Å². The Hall–Kier alpha value is -0.430. The van der Waals surface area contributed by atoms with Gasteiger partial charge in [-0.05, 0) is 24.8 Å². The Morgan fingerprint density at radius 2 is 2.33 bits per heavy atom. The highest BCUT2D eigenvalue weighted by atomic mass is 32.2. The van der Waals surface area contributed by atoms with Gasteiger partial charge in [-0.15, -0.1) is 11.3 Å². The zero-order chi connectivity index (χ0) is 11.3. The van der Waals surface area contributed by atoms with Crippen LogP contribution in [0.25, 0.3) is 0 Å². The van der Waals surface area contributed by atoms with Gasteiger partial charge in [-0.2, -0.15) is 0 Å². The van der Waals surface area contributed by atoms with Gasteiger partial charge < -0.3 is 5.11 Å². The van der Waals surface area contributed by atoms with Crippen molar-refractivity contribution in [3.8, 4) is 0 Å². The summed E-state index contributed by atoms with van der Waals surface area (Å²) in [6, 6.07) is 3.90. The molecule has 0 aliphatic heterocycles. The normalized spacial score (nSPS) is 14.0. The molecule has 15 heavy (non-hydrogen) atoms. The summed E-state index contributed by atoms with van der Waals surface area (Å²) in [4.78, 5) is 1.15. The van der Waals surface area contributed by atoms with Gasteiger partial charge in [0, 0.05) is 11.4 Å². The third-order valence-corrected chi connectivity index (χ3v) is 4.79. The van der Waals surface area contributed by atoms with E-state index in [0.717, 1.165) is 4.88 Å². The van der Waals surface area contributed by atoms with E-state index in [1.165, 1.54) is 6.92 Å². The summed E-state index contributed by atoms with van der Waals surface area (Å²) in [5.41, 5.74) is 0. The summed E-state index contributed by atoms with van der Waals surface area (Å²) >= 11 is 1.60. The maximum Gasteiger partial charge on any atom is 0.216 e. The molecule has 0 saturated heterocycles. The van der Waals surface area contributed by atoms with Crippen LogP contribution in [0.2, 0.25) is 0 Å². The quantitative estimate of drug-likeness (QED) is 0.775. The topological polar surface area (TPSA) is 66.4 Å². The Kier molecular flexibility index (Phi) is 4.72. The Morgan fingerprint density at radius 1 is 1.60 bits per heavy atom. The summed E-state index contributed by atoms with van der Waals surface area (Å²) in [6.07, 6.45) is 0.690. The van der Waals surface area contributed by atoms with Gasteiger partial charge in [0.05, 0.1) is 11.9 Å². The minimum Gasteiger partial charge on any atom is -0.395 e. The van der Waals surface area contributed by atoms with E-state index in [4.69, 9.17) is 5.11 Å². The van der Waals surface area contributed by atoms with E-state index in [1.807, 2.05) is 17.5 Å². The highest BCUT2D eigenvalue weighted by Gasteiger charge is 2.18. The van der Waals surface area contributed by atoms with Gasteiger partial charge in [-0.25, -0.2) is 13.1 Å². The van der Waals surface area contributed by atoms with Gasteiger partial charge in [0.25, 0.3) is 0 Å².